The molecule has 7 nitrogen and oxygen atoms in total. The van der Waals surface area contributed by atoms with E-state index >= 15 is 0 Å². The average molecular weight is 313 g/mol. The van der Waals surface area contributed by atoms with Gasteiger partial charge in [-0.2, -0.15) is 21.5 Å². The van der Waals surface area contributed by atoms with Crippen LogP contribution < -0.4 is 5.32 Å². The lowest BCUT2D eigenvalue weighted by Gasteiger charge is -2.10. The van der Waals surface area contributed by atoms with E-state index in [0.29, 0.717) is 16.8 Å². The molecule has 1 atom stereocenters. The predicted octanol–water partition coefficient (Wildman–Crippen LogP) is 1.91. The van der Waals surface area contributed by atoms with Gasteiger partial charge >= 0.3 is 0 Å². The van der Waals surface area contributed by atoms with Crippen LogP contribution in [0, 0.1) is 0 Å². The molecule has 0 spiro atoms. The highest BCUT2D eigenvalue weighted by atomic mass is 32.2. The van der Waals surface area contributed by atoms with Crippen LogP contribution in [0.5, 0.6) is 0 Å². The summed E-state index contributed by atoms with van der Waals surface area (Å²) < 4.78 is 1.63. The molecule has 0 bridgehead atoms. The number of nitrogens with one attached hydrogen (secondary N) is 1. The summed E-state index contributed by atoms with van der Waals surface area (Å²) in [6, 6.07) is 1.77. The van der Waals surface area contributed by atoms with Crippen LogP contribution >= 0.6 is 11.8 Å². The Hall–Kier alpha value is -2.22. The summed E-state index contributed by atoms with van der Waals surface area (Å²) in [5.74, 6) is 2.59. The standard InChI is InChI=1S/C14H15N7S/c1-3-10(22-6-1)7-17-12-11-8-20-21(13(11)19-9-18-12)14-15-4-2-5-16-14/h2,4-5,8-10H,1,3,6-7H2,(H,17,18,19)/t10-/m0/s1. The second-order valence-electron chi connectivity index (χ2n) is 5.08. The van der Waals surface area contributed by atoms with Gasteiger partial charge in [0.2, 0.25) is 0 Å². The van der Waals surface area contributed by atoms with Crippen molar-refractivity contribution in [2.45, 2.75) is 18.1 Å². The van der Waals surface area contributed by atoms with Crippen molar-refractivity contribution in [1.82, 2.24) is 29.7 Å². The number of fused-ring (bicyclic) bond motifs is 1. The molecule has 112 valence electrons. The van der Waals surface area contributed by atoms with Crippen LogP contribution in [0.4, 0.5) is 5.82 Å². The first-order chi connectivity index (χ1) is 10.9. The summed E-state index contributed by atoms with van der Waals surface area (Å²) in [6.07, 6.45) is 9.26. The first-order valence-electron chi connectivity index (χ1n) is 7.23. The van der Waals surface area contributed by atoms with Gasteiger partial charge in [0, 0.05) is 24.2 Å². The summed E-state index contributed by atoms with van der Waals surface area (Å²) in [4.78, 5) is 17.1. The molecule has 0 radical (unpaired) electrons. The van der Waals surface area contributed by atoms with E-state index in [1.807, 2.05) is 11.8 Å². The molecule has 0 saturated carbocycles. The van der Waals surface area contributed by atoms with E-state index in [1.165, 1.54) is 18.6 Å². The van der Waals surface area contributed by atoms with E-state index in [0.717, 1.165) is 17.7 Å². The monoisotopic (exact) mass is 313 g/mol. The van der Waals surface area contributed by atoms with E-state index in [4.69, 9.17) is 0 Å². The quantitative estimate of drug-likeness (QED) is 0.788. The first-order valence-corrected chi connectivity index (χ1v) is 8.28. The number of hydrogen-bond acceptors (Lipinski definition) is 7. The van der Waals surface area contributed by atoms with Crippen molar-refractivity contribution in [3.8, 4) is 5.95 Å². The van der Waals surface area contributed by atoms with Gasteiger partial charge in [-0.1, -0.05) is 0 Å². The van der Waals surface area contributed by atoms with E-state index in [2.05, 4.69) is 30.4 Å². The van der Waals surface area contributed by atoms with Gasteiger partial charge in [-0.15, -0.1) is 0 Å². The number of nitrogens with zero attached hydrogens (tertiary/aromatic N) is 6. The normalized spacial score (nSPS) is 17.9. The van der Waals surface area contributed by atoms with Gasteiger partial charge in [-0.3, -0.25) is 0 Å². The van der Waals surface area contributed by atoms with Crippen molar-refractivity contribution in [3.63, 3.8) is 0 Å². The van der Waals surface area contributed by atoms with Gasteiger partial charge in [0.05, 0.1) is 11.6 Å². The summed E-state index contributed by atoms with van der Waals surface area (Å²) in [6.45, 7) is 0.920. The molecule has 0 aromatic carbocycles. The van der Waals surface area contributed by atoms with Crippen LogP contribution in [-0.4, -0.2) is 47.3 Å². The summed E-state index contributed by atoms with van der Waals surface area (Å²) in [7, 11) is 0. The Morgan fingerprint density at radius 3 is 2.95 bits per heavy atom. The minimum atomic E-state index is 0.508. The molecule has 1 aliphatic rings. The summed E-state index contributed by atoms with van der Waals surface area (Å²) in [5.41, 5.74) is 0.711. The number of aromatic nitrogens is 6. The van der Waals surface area contributed by atoms with Gasteiger partial charge in [0.25, 0.3) is 5.95 Å². The van der Waals surface area contributed by atoms with Crippen molar-refractivity contribution in [2.24, 2.45) is 0 Å². The molecule has 0 amide bonds. The Balaban J connectivity index is 1.65. The van der Waals surface area contributed by atoms with Crippen LogP contribution in [0.1, 0.15) is 12.8 Å². The molecule has 0 aliphatic carbocycles. The van der Waals surface area contributed by atoms with Crippen LogP contribution in [0.15, 0.2) is 31.0 Å². The molecule has 22 heavy (non-hydrogen) atoms. The minimum absolute atomic E-state index is 0.508. The number of anilines is 1. The fourth-order valence-electron chi connectivity index (χ4n) is 2.55. The third-order valence-electron chi connectivity index (χ3n) is 3.63. The lowest BCUT2D eigenvalue weighted by atomic mass is 10.2. The molecule has 4 heterocycles. The number of thioether (sulfide) groups is 1. The molecular weight excluding hydrogens is 298 g/mol. The van der Waals surface area contributed by atoms with Gasteiger partial charge in [-0.25, -0.2) is 19.9 Å². The third-order valence-corrected chi connectivity index (χ3v) is 5.03. The number of rotatable bonds is 4. The first kappa shape index (κ1) is 13.4. The summed E-state index contributed by atoms with van der Waals surface area (Å²) >= 11 is 2.02. The maximum Gasteiger partial charge on any atom is 0.252 e. The highest BCUT2D eigenvalue weighted by molar-refractivity contribution is 8.00. The van der Waals surface area contributed by atoms with Crippen molar-refractivity contribution in [3.05, 3.63) is 31.0 Å². The Morgan fingerprint density at radius 1 is 1.23 bits per heavy atom. The smallest absolute Gasteiger partial charge is 0.252 e. The topological polar surface area (TPSA) is 81.4 Å². The lowest BCUT2D eigenvalue weighted by molar-refractivity contribution is 0.803. The molecule has 1 saturated heterocycles. The Morgan fingerprint density at radius 2 is 2.14 bits per heavy atom. The maximum atomic E-state index is 4.35. The molecule has 3 aromatic rings. The molecule has 4 rings (SSSR count). The maximum absolute atomic E-state index is 4.35. The molecule has 1 aliphatic heterocycles. The minimum Gasteiger partial charge on any atom is -0.368 e. The highest BCUT2D eigenvalue weighted by Gasteiger charge is 2.17. The molecule has 3 aromatic heterocycles. The zero-order chi connectivity index (χ0) is 14.8. The largest absolute Gasteiger partial charge is 0.368 e. The molecular formula is C14H15N7S. The summed E-state index contributed by atoms with van der Waals surface area (Å²) in [5, 5.41) is 9.33. The van der Waals surface area contributed by atoms with Gasteiger partial charge < -0.3 is 5.32 Å². The third kappa shape index (κ3) is 2.50. The fourth-order valence-corrected chi connectivity index (χ4v) is 3.75. The van der Waals surface area contributed by atoms with Crippen molar-refractivity contribution in [1.29, 1.82) is 0 Å². The zero-order valence-electron chi connectivity index (χ0n) is 11.9. The fraction of sp³-hybridized carbons (Fsp3) is 0.357. The van der Waals surface area contributed by atoms with Crippen molar-refractivity contribution in [2.75, 3.05) is 17.6 Å². The lowest BCUT2D eigenvalue weighted by Crippen LogP contribution is -2.14. The second-order valence-corrected chi connectivity index (χ2v) is 6.49. The molecule has 0 unspecified atom stereocenters. The van der Waals surface area contributed by atoms with Gasteiger partial charge in [-0.05, 0) is 24.7 Å². The SMILES string of the molecule is c1cnc(-n2ncc3c(NC[C@@H]4CCCS4)ncnc32)nc1. The van der Waals surface area contributed by atoms with E-state index < -0.39 is 0 Å². The van der Waals surface area contributed by atoms with Crippen LogP contribution in [0.3, 0.4) is 0 Å². The van der Waals surface area contributed by atoms with Crippen molar-refractivity contribution >= 4 is 28.6 Å². The van der Waals surface area contributed by atoms with Crippen LogP contribution in [0.25, 0.3) is 17.0 Å². The molecule has 1 N–H and O–H groups in total. The highest BCUT2D eigenvalue weighted by Crippen LogP contribution is 2.27. The Bertz CT molecular complexity index is 767. The van der Waals surface area contributed by atoms with Crippen molar-refractivity contribution < 1.29 is 0 Å². The second kappa shape index (κ2) is 5.88. The van der Waals surface area contributed by atoms with Crippen LogP contribution in [-0.2, 0) is 0 Å². The predicted molar refractivity (Wildman–Crippen MR) is 86.2 cm³/mol. The number of hydrogen-bond donors (Lipinski definition) is 1. The average Bonchev–Trinajstić information content (AvgIpc) is 3.23. The van der Waals surface area contributed by atoms with Crippen LogP contribution in [0.2, 0.25) is 0 Å². The molecule has 1 fully saturated rings. The van der Waals surface area contributed by atoms with Gasteiger partial charge in [0.1, 0.15) is 12.1 Å². The Labute approximate surface area is 131 Å². The van der Waals surface area contributed by atoms with Gasteiger partial charge in [0.15, 0.2) is 5.65 Å². The van der Waals surface area contributed by atoms with E-state index in [-0.39, 0.29) is 0 Å². The van der Waals surface area contributed by atoms with E-state index in [9.17, 15) is 0 Å². The molecule has 8 heteroatoms. The van der Waals surface area contributed by atoms with E-state index in [1.54, 1.807) is 35.7 Å². The zero-order valence-corrected chi connectivity index (χ0v) is 12.7. The Kier molecular flexibility index (Phi) is 3.59.